The van der Waals surface area contributed by atoms with Crippen molar-refractivity contribution in [1.82, 2.24) is 10.2 Å². The molecule has 3 heterocycles. The number of furan rings is 1. The monoisotopic (exact) mass is 306 g/mol. The molecule has 0 aliphatic carbocycles. The van der Waals surface area contributed by atoms with Gasteiger partial charge in [-0.1, -0.05) is 12.8 Å². The molecule has 0 radical (unpaired) electrons. The minimum Gasteiger partial charge on any atom is -0.468 e. The first-order chi connectivity index (χ1) is 10.8. The molecule has 0 bridgehead atoms. The van der Waals surface area contributed by atoms with E-state index in [2.05, 4.69) is 10.2 Å². The third-order valence-electron chi connectivity index (χ3n) is 4.63. The Hall–Kier alpha value is -1.33. The van der Waals surface area contributed by atoms with Crippen molar-refractivity contribution in [2.45, 2.75) is 50.7 Å². The zero-order chi connectivity index (χ0) is 15.2. The molecule has 0 saturated carbocycles. The van der Waals surface area contributed by atoms with Crippen molar-refractivity contribution in [3.63, 3.8) is 0 Å². The zero-order valence-corrected chi connectivity index (χ0v) is 13.1. The lowest BCUT2D eigenvalue weighted by Crippen LogP contribution is -2.41. The van der Waals surface area contributed by atoms with E-state index < -0.39 is 0 Å². The molecule has 2 fully saturated rings. The summed E-state index contributed by atoms with van der Waals surface area (Å²) >= 11 is 0. The van der Waals surface area contributed by atoms with Gasteiger partial charge < -0.3 is 14.5 Å². The molecule has 1 N–H and O–H groups in total. The second-order valence-electron chi connectivity index (χ2n) is 6.29. The van der Waals surface area contributed by atoms with Crippen molar-refractivity contribution < 1.29 is 13.9 Å². The maximum atomic E-state index is 12.3. The van der Waals surface area contributed by atoms with E-state index in [0.29, 0.717) is 13.1 Å². The lowest BCUT2D eigenvalue weighted by Gasteiger charge is -2.28. The second-order valence-corrected chi connectivity index (χ2v) is 6.29. The lowest BCUT2D eigenvalue weighted by molar-refractivity contribution is -0.123. The molecule has 3 rings (SSSR count). The Kier molecular flexibility index (Phi) is 5.51. The number of likely N-dealkylation sites (tertiary alicyclic amines) is 1. The number of carbonyl (C=O) groups excluding carboxylic acids is 1. The van der Waals surface area contributed by atoms with Gasteiger partial charge in [-0.3, -0.25) is 9.69 Å². The Bertz CT molecular complexity index is 454. The Balaban J connectivity index is 1.54. The summed E-state index contributed by atoms with van der Waals surface area (Å²) in [6, 6.07) is 4.18. The number of ether oxygens (including phenoxy) is 1. The fourth-order valence-electron chi connectivity index (χ4n) is 3.43. The normalized spacial score (nSPS) is 26.7. The molecule has 2 saturated heterocycles. The van der Waals surface area contributed by atoms with Gasteiger partial charge in [-0.2, -0.15) is 0 Å². The van der Waals surface area contributed by atoms with Crippen molar-refractivity contribution in [1.29, 1.82) is 0 Å². The molecule has 5 nitrogen and oxygen atoms in total. The van der Waals surface area contributed by atoms with E-state index in [1.54, 1.807) is 6.26 Å². The van der Waals surface area contributed by atoms with Gasteiger partial charge in [-0.25, -0.2) is 0 Å². The van der Waals surface area contributed by atoms with Crippen molar-refractivity contribution >= 4 is 5.91 Å². The van der Waals surface area contributed by atoms with Crippen LogP contribution in [0, 0.1) is 0 Å². The fourth-order valence-corrected chi connectivity index (χ4v) is 3.43. The molecule has 1 aromatic rings. The van der Waals surface area contributed by atoms with E-state index in [-0.39, 0.29) is 18.1 Å². The molecule has 1 amide bonds. The summed E-state index contributed by atoms with van der Waals surface area (Å²) < 4.78 is 11.1. The highest BCUT2D eigenvalue weighted by Crippen LogP contribution is 2.30. The maximum absolute atomic E-state index is 12.3. The molecule has 1 aromatic heterocycles. The predicted octanol–water partition coefficient (Wildman–Crippen LogP) is 2.49. The summed E-state index contributed by atoms with van der Waals surface area (Å²) in [4.78, 5) is 14.5. The third-order valence-corrected chi connectivity index (χ3v) is 4.63. The van der Waals surface area contributed by atoms with Crippen LogP contribution in [0.15, 0.2) is 22.8 Å². The number of rotatable bonds is 5. The lowest BCUT2D eigenvalue weighted by atomic mass is 10.1. The zero-order valence-electron chi connectivity index (χ0n) is 13.1. The molecule has 122 valence electrons. The van der Waals surface area contributed by atoms with E-state index in [1.165, 1.54) is 12.8 Å². The maximum Gasteiger partial charge on any atom is 0.234 e. The number of nitrogens with one attached hydrogen (secondary N) is 1. The molecule has 0 unspecified atom stereocenters. The van der Waals surface area contributed by atoms with Crippen LogP contribution in [0.3, 0.4) is 0 Å². The van der Waals surface area contributed by atoms with Crippen LogP contribution in [0.2, 0.25) is 0 Å². The van der Waals surface area contributed by atoms with E-state index in [1.807, 2.05) is 12.1 Å². The third kappa shape index (κ3) is 4.11. The largest absolute Gasteiger partial charge is 0.468 e. The van der Waals surface area contributed by atoms with E-state index >= 15 is 0 Å². The second kappa shape index (κ2) is 7.79. The van der Waals surface area contributed by atoms with Gasteiger partial charge in [-0.15, -0.1) is 0 Å². The highest BCUT2D eigenvalue weighted by molar-refractivity contribution is 5.78. The highest BCUT2D eigenvalue weighted by Gasteiger charge is 2.26. The summed E-state index contributed by atoms with van der Waals surface area (Å²) in [6.07, 6.45) is 8.71. The van der Waals surface area contributed by atoms with Gasteiger partial charge in [0.2, 0.25) is 5.91 Å². The van der Waals surface area contributed by atoms with Crippen LogP contribution in [0.5, 0.6) is 0 Å². The molecule has 0 aromatic carbocycles. The highest BCUT2D eigenvalue weighted by atomic mass is 16.5. The van der Waals surface area contributed by atoms with Gasteiger partial charge in [0, 0.05) is 13.2 Å². The fraction of sp³-hybridized carbons (Fsp3) is 0.706. The van der Waals surface area contributed by atoms with Gasteiger partial charge in [0.15, 0.2) is 0 Å². The molecule has 2 atom stereocenters. The van der Waals surface area contributed by atoms with Crippen LogP contribution >= 0.6 is 0 Å². The first-order valence-electron chi connectivity index (χ1n) is 8.48. The SMILES string of the molecule is O=C(CN1CCCCC[C@@H]1c1ccco1)NC[C@H]1CCCO1. The van der Waals surface area contributed by atoms with Crippen molar-refractivity contribution in [3.8, 4) is 0 Å². The first-order valence-corrected chi connectivity index (χ1v) is 8.48. The summed E-state index contributed by atoms with van der Waals surface area (Å²) in [5, 5.41) is 3.02. The van der Waals surface area contributed by atoms with Gasteiger partial charge in [0.1, 0.15) is 5.76 Å². The van der Waals surface area contributed by atoms with E-state index in [0.717, 1.165) is 44.6 Å². The number of hydrogen-bond acceptors (Lipinski definition) is 4. The molecule has 2 aliphatic heterocycles. The van der Waals surface area contributed by atoms with Crippen molar-refractivity contribution in [2.24, 2.45) is 0 Å². The average Bonchev–Trinajstić information content (AvgIpc) is 3.18. The van der Waals surface area contributed by atoms with Crippen LogP contribution in [0.1, 0.15) is 50.3 Å². The predicted molar refractivity (Wildman–Crippen MR) is 83.5 cm³/mol. The molecular formula is C17H26N2O3. The van der Waals surface area contributed by atoms with Gasteiger partial charge in [0.05, 0.1) is 25.0 Å². The van der Waals surface area contributed by atoms with E-state index in [4.69, 9.17) is 9.15 Å². The Morgan fingerprint density at radius 2 is 2.23 bits per heavy atom. The molecule has 5 heteroatoms. The number of nitrogens with zero attached hydrogens (tertiary/aromatic N) is 1. The smallest absolute Gasteiger partial charge is 0.234 e. The van der Waals surface area contributed by atoms with Crippen LogP contribution in [-0.4, -0.2) is 43.2 Å². The van der Waals surface area contributed by atoms with Crippen molar-refractivity contribution in [2.75, 3.05) is 26.2 Å². The minimum absolute atomic E-state index is 0.0916. The standard InChI is InChI=1S/C17H26N2O3/c20-17(18-12-14-6-4-10-21-14)13-19-9-3-1-2-7-15(19)16-8-5-11-22-16/h5,8,11,14-15H,1-4,6-7,9-10,12-13H2,(H,18,20)/t14-,15-/m1/s1. The van der Waals surface area contributed by atoms with Crippen molar-refractivity contribution in [3.05, 3.63) is 24.2 Å². The Labute approximate surface area is 132 Å². The summed E-state index contributed by atoms with van der Waals surface area (Å²) in [6.45, 7) is 2.86. The number of carbonyl (C=O) groups is 1. The Morgan fingerprint density at radius 3 is 3.00 bits per heavy atom. The molecule has 2 aliphatic rings. The van der Waals surface area contributed by atoms with Crippen LogP contribution in [-0.2, 0) is 9.53 Å². The Morgan fingerprint density at radius 1 is 1.27 bits per heavy atom. The van der Waals surface area contributed by atoms with Gasteiger partial charge in [0.25, 0.3) is 0 Å². The number of hydrogen-bond donors (Lipinski definition) is 1. The number of amides is 1. The quantitative estimate of drug-likeness (QED) is 0.908. The van der Waals surface area contributed by atoms with Crippen LogP contribution in [0.4, 0.5) is 0 Å². The first kappa shape index (κ1) is 15.6. The summed E-state index contributed by atoms with van der Waals surface area (Å²) in [7, 11) is 0. The molecular weight excluding hydrogens is 280 g/mol. The average molecular weight is 306 g/mol. The minimum atomic E-state index is 0.0916. The summed E-state index contributed by atoms with van der Waals surface area (Å²) in [5.74, 6) is 1.07. The van der Waals surface area contributed by atoms with Crippen LogP contribution < -0.4 is 5.32 Å². The van der Waals surface area contributed by atoms with Crippen LogP contribution in [0.25, 0.3) is 0 Å². The van der Waals surface area contributed by atoms with Gasteiger partial charge in [-0.05, 0) is 44.4 Å². The topological polar surface area (TPSA) is 54.7 Å². The molecule has 0 spiro atoms. The molecule has 22 heavy (non-hydrogen) atoms. The van der Waals surface area contributed by atoms with Gasteiger partial charge >= 0.3 is 0 Å². The van der Waals surface area contributed by atoms with E-state index in [9.17, 15) is 4.79 Å². The summed E-state index contributed by atoms with van der Waals surface area (Å²) in [5.41, 5.74) is 0.